The number of carbonyl (C=O) groups is 2. The third-order valence-electron chi connectivity index (χ3n) is 6.77. The summed E-state index contributed by atoms with van der Waals surface area (Å²) in [4.78, 5) is 30.3. The molecule has 1 aromatic heterocycles. The van der Waals surface area contributed by atoms with Crippen molar-refractivity contribution in [2.75, 3.05) is 31.5 Å². The van der Waals surface area contributed by atoms with Crippen molar-refractivity contribution in [1.82, 2.24) is 20.5 Å². The van der Waals surface area contributed by atoms with Crippen LogP contribution in [-0.2, 0) is 4.79 Å². The van der Waals surface area contributed by atoms with Gasteiger partial charge in [-0.1, -0.05) is 38.8 Å². The van der Waals surface area contributed by atoms with Gasteiger partial charge in [0.05, 0.1) is 6.10 Å². The van der Waals surface area contributed by atoms with E-state index in [0.717, 1.165) is 45.2 Å². The number of nitrogens with zero attached hydrogens (tertiary/aromatic N) is 2. The van der Waals surface area contributed by atoms with Crippen LogP contribution in [0.1, 0.15) is 83.0 Å². The van der Waals surface area contributed by atoms with Crippen LogP contribution in [-0.4, -0.2) is 71.2 Å². The molecular weight excluding hydrogens is 454 g/mol. The van der Waals surface area contributed by atoms with E-state index in [1.807, 2.05) is 4.90 Å². The fourth-order valence-corrected chi connectivity index (χ4v) is 4.70. The summed E-state index contributed by atoms with van der Waals surface area (Å²) in [5, 5.41) is 20.0. The Kier molecular flexibility index (Phi) is 13.5. The molecule has 0 aliphatic carbocycles. The number of carbonyl (C=O) groups excluding carboxylic acids is 2. The monoisotopic (exact) mass is 501 g/mol. The zero-order chi connectivity index (χ0) is 26.3. The largest absolute Gasteiger partial charge is 0.390 e. The zero-order valence-corrected chi connectivity index (χ0v) is 22.6. The van der Waals surface area contributed by atoms with Crippen LogP contribution in [0.15, 0.2) is 30.5 Å². The van der Waals surface area contributed by atoms with E-state index in [1.165, 1.54) is 12.8 Å². The van der Waals surface area contributed by atoms with Crippen molar-refractivity contribution in [3.63, 3.8) is 0 Å². The molecule has 2 heterocycles. The van der Waals surface area contributed by atoms with Crippen LogP contribution in [0.5, 0.6) is 0 Å². The highest BCUT2D eigenvalue weighted by molar-refractivity contribution is 5.94. The van der Waals surface area contributed by atoms with Gasteiger partial charge in [0.15, 0.2) is 0 Å². The number of hydrogen-bond donors (Lipinski definition) is 4. The highest BCUT2D eigenvalue weighted by Crippen LogP contribution is 2.19. The second-order valence-corrected chi connectivity index (χ2v) is 10.0. The Bertz CT molecular complexity index is 823. The van der Waals surface area contributed by atoms with Gasteiger partial charge in [-0.3, -0.25) is 9.59 Å². The van der Waals surface area contributed by atoms with Crippen LogP contribution in [0, 0.1) is 5.92 Å². The number of amides is 2. The number of aliphatic hydroxyl groups is 1. The molecule has 3 atom stereocenters. The van der Waals surface area contributed by atoms with Crippen molar-refractivity contribution >= 4 is 17.6 Å². The van der Waals surface area contributed by atoms with Crippen LogP contribution in [0.25, 0.3) is 0 Å². The number of rotatable bonds is 15. The summed E-state index contributed by atoms with van der Waals surface area (Å²) in [6.45, 7) is 10.2. The Labute approximate surface area is 217 Å². The average molecular weight is 502 g/mol. The quantitative estimate of drug-likeness (QED) is 0.273. The molecule has 8 heteroatoms. The maximum absolute atomic E-state index is 12.6. The summed E-state index contributed by atoms with van der Waals surface area (Å²) in [7, 11) is 0. The molecule has 1 aromatic rings. The van der Waals surface area contributed by atoms with Crippen molar-refractivity contribution in [3.05, 3.63) is 36.0 Å². The van der Waals surface area contributed by atoms with Crippen molar-refractivity contribution < 1.29 is 14.7 Å². The van der Waals surface area contributed by atoms with E-state index in [-0.39, 0.29) is 24.4 Å². The summed E-state index contributed by atoms with van der Waals surface area (Å²) in [6, 6.07) is 3.94. The molecule has 2 unspecified atom stereocenters. The molecule has 1 fully saturated rings. The first-order valence-electron chi connectivity index (χ1n) is 13.6. The first-order valence-corrected chi connectivity index (χ1v) is 13.6. The molecule has 0 bridgehead atoms. The molecule has 4 N–H and O–H groups in total. The molecule has 1 aliphatic heterocycles. The Morgan fingerprint density at radius 2 is 1.97 bits per heavy atom. The summed E-state index contributed by atoms with van der Waals surface area (Å²) in [5.41, 5.74) is 0.504. The molecule has 8 nitrogen and oxygen atoms in total. The van der Waals surface area contributed by atoms with Crippen LogP contribution >= 0.6 is 0 Å². The van der Waals surface area contributed by atoms with Gasteiger partial charge < -0.3 is 26.0 Å². The molecule has 1 saturated heterocycles. The zero-order valence-electron chi connectivity index (χ0n) is 22.6. The average Bonchev–Trinajstić information content (AvgIpc) is 2.86. The lowest BCUT2D eigenvalue weighted by atomic mass is 9.92. The minimum absolute atomic E-state index is 0.109. The van der Waals surface area contributed by atoms with E-state index < -0.39 is 6.10 Å². The maximum Gasteiger partial charge on any atom is 0.251 e. The number of aromatic nitrogens is 1. The smallest absolute Gasteiger partial charge is 0.251 e. The van der Waals surface area contributed by atoms with Crippen molar-refractivity contribution in [3.8, 4) is 0 Å². The van der Waals surface area contributed by atoms with Crippen LogP contribution < -0.4 is 16.0 Å². The molecule has 36 heavy (non-hydrogen) atoms. The Hall–Kier alpha value is -2.45. The number of aliphatic hydroxyl groups excluding tert-OH is 1. The van der Waals surface area contributed by atoms with E-state index in [4.69, 9.17) is 0 Å². The molecule has 202 valence electrons. The van der Waals surface area contributed by atoms with E-state index in [1.54, 1.807) is 25.3 Å². The van der Waals surface area contributed by atoms with E-state index in [0.29, 0.717) is 29.9 Å². The van der Waals surface area contributed by atoms with Crippen molar-refractivity contribution in [1.29, 1.82) is 0 Å². The highest BCUT2D eigenvalue weighted by Gasteiger charge is 2.21. The van der Waals surface area contributed by atoms with Crippen molar-refractivity contribution in [2.24, 2.45) is 5.92 Å². The van der Waals surface area contributed by atoms with E-state index >= 15 is 0 Å². The number of piperidine rings is 1. The number of pyridine rings is 1. The first-order chi connectivity index (χ1) is 17.3. The summed E-state index contributed by atoms with van der Waals surface area (Å²) in [5.74, 6) is 1.17. The predicted molar refractivity (Wildman–Crippen MR) is 146 cm³/mol. The normalized spacial score (nSPS) is 17.1. The highest BCUT2D eigenvalue weighted by atomic mass is 16.3. The molecule has 0 radical (unpaired) electrons. The molecule has 2 amide bonds. The van der Waals surface area contributed by atoms with Gasteiger partial charge >= 0.3 is 0 Å². The second kappa shape index (κ2) is 16.3. The topological polar surface area (TPSA) is 107 Å². The molecular formula is C28H47N5O3. The van der Waals surface area contributed by atoms with Crippen LogP contribution in [0.2, 0.25) is 0 Å². The molecule has 0 aromatic carbocycles. The Morgan fingerprint density at radius 3 is 2.64 bits per heavy atom. The Balaban J connectivity index is 1.73. The van der Waals surface area contributed by atoms with Crippen LogP contribution in [0.3, 0.4) is 0 Å². The van der Waals surface area contributed by atoms with Gasteiger partial charge in [0.25, 0.3) is 5.91 Å². The van der Waals surface area contributed by atoms with Crippen molar-refractivity contribution in [2.45, 2.75) is 90.8 Å². The van der Waals surface area contributed by atoms with Crippen LogP contribution in [0.4, 0.5) is 5.82 Å². The second-order valence-electron chi connectivity index (χ2n) is 10.0. The van der Waals surface area contributed by atoms with Gasteiger partial charge in [0.2, 0.25) is 5.91 Å². The van der Waals surface area contributed by atoms with Gasteiger partial charge in [0.1, 0.15) is 5.82 Å². The molecule has 0 saturated carbocycles. The lowest BCUT2D eigenvalue weighted by Crippen LogP contribution is -2.41. The lowest BCUT2D eigenvalue weighted by Gasteiger charge is -2.32. The molecule has 2 rings (SSSR count). The minimum Gasteiger partial charge on any atom is -0.390 e. The van der Waals surface area contributed by atoms with Gasteiger partial charge in [-0.15, -0.1) is 0 Å². The SMILES string of the molecule is CC/C=C\CC(CCC)CC(C)NC[C@@H](O)CNC(=O)c1ccnc(NC2CCN(C(C)=O)CC2)c1. The number of hydrogen-bond acceptors (Lipinski definition) is 6. The van der Waals surface area contributed by atoms with Gasteiger partial charge in [-0.05, 0) is 57.1 Å². The fourth-order valence-electron chi connectivity index (χ4n) is 4.70. The summed E-state index contributed by atoms with van der Waals surface area (Å²) < 4.78 is 0. The Morgan fingerprint density at radius 1 is 1.22 bits per heavy atom. The summed E-state index contributed by atoms with van der Waals surface area (Å²) >= 11 is 0. The van der Waals surface area contributed by atoms with E-state index in [9.17, 15) is 14.7 Å². The molecule has 0 spiro atoms. The van der Waals surface area contributed by atoms with Gasteiger partial charge in [-0.25, -0.2) is 4.98 Å². The standard InChI is InChI=1S/C28H47N5O3/c1-5-7-8-10-23(9-6-2)17-21(3)30-19-26(35)20-31-28(36)24-11-14-29-27(18-24)32-25-12-15-33(16-13-25)22(4)34/h7-8,11,14,18,21,23,25-26,30,35H,5-6,9-10,12-13,15-17,19-20H2,1-4H3,(H,29,32)(H,31,36)/b8-7-/t21?,23?,26-/m1/s1. The maximum atomic E-state index is 12.6. The van der Waals surface area contributed by atoms with Gasteiger partial charge in [0, 0.05) is 56.9 Å². The third kappa shape index (κ3) is 11.1. The predicted octanol–water partition coefficient (Wildman–Crippen LogP) is 3.74. The lowest BCUT2D eigenvalue weighted by molar-refractivity contribution is -0.129. The third-order valence-corrected chi connectivity index (χ3v) is 6.77. The summed E-state index contributed by atoms with van der Waals surface area (Å²) in [6.07, 6.45) is 12.8. The van der Waals surface area contributed by atoms with E-state index in [2.05, 4.69) is 53.9 Å². The number of anilines is 1. The fraction of sp³-hybridized carbons (Fsp3) is 0.679. The number of allylic oxidation sites excluding steroid dienone is 2. The molecule has 1 aliphatic rings. The minimum atomic E-state index is -0.660. The van der Waals surface area contributed by atoms with Gasteiger partial charge in [-0.2, -0.15) is 0 Å². The first kappa shape index (κ1) is 29.8. The number of likely N-dealkylation sites (tertiary alicyclic amines) is 1. The number of nitrogens with one attached hydrogen (secondary N) is 3.